The highest BCUT2D eigenvalue weighted by molar-refractivity contribution is 5.96. The Morgan fingerprint density at radius 3 is 1.11 bits per heavy atom. The molecular weight excluding hydrogens is 686 g/mol. The van der Waals surface area contributed by atoms with E-state index in [4.69, 9.17) is 18.9 Å². The number of esters is 4. The van der Waals surface area contributed by atoms with E-state index in [-0.39, 0.29) is 37.8 Å². The van der Waals surface area contributed by atoms with E-state index in [0.29, 0.717) is 33.9 Å². The zero-order valence-electron chi connectivity index (χ0n) is 28.7. The molecule has 0 atom stereocenters. The van der Waals surface area contributed by atoms with Crippen molar-refractivity contribution in [2.45, 2.75) is 26.4 Å². The molecule has 3 aromatic heterocycles. The summed E-state index contributed by atoms with van der Waals surface area (Å²) in [5.74, 6) is -2.51. The van der Waals surface area contributed by atoms with E-state index in [2.05, 4.69) is 15.0 Å². The third kappa shape index (κ3) is 8.78. The van der Waals surface area contributed by atoms with Crippen molar-refractivity contribution in [3.63, 3.8) is 0 Å². The number of hydrogen-bond acceptors (Lipinski definition) is 11. The van der Waals surface area contributed by atoms with Crippen LogP contribution in [-0.2, 0) is 45.4 Å². The summed E-state index contributed by atoms with van der Waals surface area (Å²) in [6.45, 7) is -0.501. The van der Waals surface area contributed by atoms with Gasteiger partial charge in [-0.05, 0) is 82.2 Å². The first-order valence-electron chi connectivity index (χ1n) is 16.9. The predicted molar refractivity (Wildman–Crippen MR) is 197 cm³/mol. The Kier molecular flexibility index (Phi) is 10.7. The lowest BCUT2D eigenvalue weighted by Crippen LogP contribution is -2.13. The average Bonchev–Trinajstić information content (AvgIpc) is 3.23. The normalized spacial score (nSPS) is 10.8. The standard InChI is InChI=1S/C43H31N3O8/c47-40(32-20-18-28-8-1-3-10-30(28)22-32)51-24-34-12-5-14-36(44-34)26-53-42(49)38-16-7-17-39(46-38)43(50)54-27-37-15-6-13-35(45-37)25-52-41(48)33-21-19-29-9-2-4-11-31(29)23-33/h1-23H,24-27H2. The van der Waals surface area contributed by atoms with E-state index in [1.165, 1.54) is 18.2 Å². The minimum absolute atomic E-state index is 0.0709. The van der Waals surface area contributed by atoms with E-state index in [1.54, 1.807) is 60.7 Å². The maximum Gasteiger partial charge on any atom is 0.357 e. The number of nitrogens with zero attached hydrogens (tertiary/aromatic N) is 3. The summed E-state index contributed by atoms with van der Waals surface area (Å²) >= 11 is 0. The molecule has 0 aliphatic heterocycles. The second-order valence-electron chi connectivity index (χ2n) is 12.1. The van der Waals surface area contributed by atoms with E-state index < -0.39 is 23.9 Å². The SMILES string of the molecule is O=C(OCc1cccc(COC(=O)c2cccc(C(=O)OCc3cccc(COC(=O)c4ccc5ccccc5c4)n3)n2)n1)c1ccc2ccccc2c1. The van der Waals surface area contributed by atoms with Crippen LogP contribution in [0.25, 0.3) is 21.5 Å². The maximum absolute atomic E-state index is 12.8. The summed E-state index contributed by atoms with van der Waals surface area (Å²) in [5.41, 5.74) is 2.46. The van der Waals surface area contributed by atoms with Gasteiger partial charge in [0.05, 0.1) is 33.9 Å². The van der Waals surface area contributed by atoms with Crippen LogP contribution in [0.4, 0.5) is 0 Å². The van der Waals surface area contributed by atoms with Gasteiger partial charge in [-0.1, -0.05) is 78.9 Å². The van der Waals surface area contributed by atoms with Crippen LogP contribution in [-0.4, -0.2) is 38.8 Å². The number of rotatable bonds is 12. The summed E-state index contributed by atoms with van der Waals surface area (Å²) in [4.78, 5) is 64.0. The molecule has 0 saturated carbocycles. The van der Waals surface area contributed by atoms with Crippen molar-refractivity contribution in [3.05, 3.63) is 185 Å². The van der Waals surface area contributed by atoms with Crippen molar-refractivity contribution in [1.82, 2.24) is 15.0 Å². The molecule has 266 valence electrons. The molecular formula is C43H31N3O8. The van der Waals surface area contributed by atoms with Crippen molar-refractivity contribution in [2.24, 2.45) is 0 Å². The van der Waals surface area contributed by atoms with E-state index >= 15 is 0 Å². The molecule has 0 radical (unpaired) electrons. The molecule has 0 amide bonds. The number of carbonyl (C=O) groups is 4. The fraction of sp³-hybridized carbons (Fsp3) is 0.0930. The third-order valence-electron chi connectivity index (χ3n) is 8.27. The predicted octanol–water partition coefficient (Wildman–Crippen LogP) is 7.61. The molecule has 7 aromatic rings. The van der Waals surface area contributed by atoms with Crippen LogP contribution >= 0.6 is 0 Å². The monoisotopic (exact) mass is 717 g/mol. The van der Waals surface area contributed by atoms with Crippen LogP contribution in [0.2, 0.25) is 0 Å². The van der Waals surface area contributed by atoms with Gasteiger partial charge in [0.25, 0.3) is 0 Å². The van der Waals surface area contributed by atoms with E-state index in [1.807, 2.05) is 60.7 Å². The molecule has 0 unspecified atom stereocenters. The Bertz CT molecular complexity index is 2350. The van der Waals surface area contributed by atoms with Gasteiger partial charge in [-0.15, -0.1) is 0 Å². The van der Waals surface area contributed by atoms with Crippen LogP contribution < -0.4 is 0 Å². The molecule has 0 spiro atoms. The lowest BCUT2D eigenvalue weighted by atomic mass is 10.1. The molecule has 7 rings (SSSR count). The van der Waals surface area contributed by atoms with Crippen molar-refractivity contribution >= 4 is 45.4 Å². The van der Waals surface area contributed by atoms with E-state index in [0.717, 1.165) is 21.5 Å². The Morgan fingerprint density at radius 1 is 0.352 bits per heavy atom. The highest BCUT2D eigenvalue weighted by Gasteiger charge is 2.16. The second-order valence-corrected chi connectivity index (χ2v) is 12.1. The van der Waals surface area contributed by atoms with Gasteiger partial charge in [0.2, 0.25) is 0 Å². The van der Waals surface area contributed by atoms with Gasteiger partial charge in [0.1, 0.15) is 37.8 Å². The Morgan fingerprint density at radius 2 is 0.704 bits per heavy atom. The molecule has 4 aromatic carbocycles. The lowest BCUT2D eigenvalue weighted by molar-refractivity contribution is 0.0450. The Hall–Kier alpha value is -7.27. The number of aromatic nitrogens is 3. The minimum atomic E-state index is -0.771. The fourth-order valence-corrected chi connectivity index (χ4v) is 5.55. The Labute approximate surface area is 309 Å². The smallest absolute Gasteiger partial charge is 0.357 e. The van der Waals surface area contributed by atoms with Crippen LogP contribution in [0.5, 0.6) is 0 Å². The van der Waals surface area contributed by atoms with Gasteiger partial charge in [0.15, 0.2) is 0 Å². The highest BCUT2D eigenvalue weighted by Crippen LogP contribution is 2.18. The largest absolute Gasteiger partial charge is 0.456 e. The molecule has 0 bridgehead atoms. The first-order valence-corrected chi connectivity index (χ1v) is 16.9. The first kappa shape index (κ1) is 35.1. The van der Waals surface area contributed by atoms with Crippen LogP contribution in [0.15, 0.2) is 140 Å². The van der Waals surface area contributed by atoms with Gasteiger partial charge in [-0.2, -0.15) is 0 Å². The molecule has 54 heavy (non-hydrogen) atoms. The number of benzene rings is 4. The van der Waals surface area contributed by atoms with E-state index in [9.17, 15) is 19.2 Å². The molecule has 3 heterocycles. The molecule has 0 fully saturated rings. The number of pyridine rings is 3. The summed E-state index contributed by atoms with van der Waals surface area (Å²) in [6, 6.07) is 40.6. The average molecular weight is 718 g/mol. The third-order valence-corrected chi connectivity index (χ3v) is 8.27. The summed E-state index contributed by atoms with van der Waals surface area (Å²) < 4.78 is 21.7. The van der Waals surface area contributed by atoms with Gasteiger partial charge in [0, 0.05) is 0 Å². The van der Waals surface area contributed by atoms with Gasteiger partial charge in [-0.3, -0.25) is 9.97 Å². The molecule has 0 aliphatic carbocycles. The summed E-state index contributed by atoms with van der Waals surface area (Å²) in [5, 5.41) is 3.90. The number of fused-ring (bicyclic) bond motifs is 2. The van der Waals surface area contributed by atoms with Crippen molar-refractivity contribution < 1.29 is 38.1 Å². The molecule has 0 aliphatic rings. The fourth-order valence-electron chi connectivity index (χ4n) is 5.55. The van der Waals surface area contributed by atoms with Crippen LogP contribution in [0.3, 0.4) is 0 Å². The van der Waals surface area contributed by atoms with Crippen LogP contribution in [0, 0.1) is 0 Å². The maximum atomic E-state index is 12.8. The van der Waals surface area contributed by atoms with Crippen LogP contribution in [0.1, 0.15) is 64.5 Å². The quantitative estimate of drug-likeness (QED) is 0.0910. The van der Waals surface area contributed by atoms with Gasteiger partial charge >= 0.3 is 23.9 Å². The first-order chi connectivity index (χ1) is 26.4. The lowest BCUT2D eigenvalue weighted by Gasteiger charge is -2.09. The molecule has 0 saturated heterocycles. The van der Waals surface area contributed by atoms with Gasteiger partial charge in [-0.25, -0.2) is 24.2 Å². The van der Waals surface area contributed by atoms with Crippen molar-refractivity contribution in [3.8, 4) is 0 Å². The molecule has 11 nitrogen and oxygen atoms in total. The zero-order chi connectivity index (χ0) is 37.3. The number of ether oxygens (including phenoxy) is 4. The van der Waals surface area contributed by atoms with Crippen molar-refractivity contribution in [2.75, 3.05) is 0 Å². The molecule has 0 N–H and O–H groups in total. The second kappa shape index (κ2) is 16.4. The summed E-state index contributed by atoms with van der Waals surface area (Å²) in [7, 11) is 0. The van der Waals surface area contributed by atoms with Gasteiger partial charge < -0.3 is 18.9 Å². The minimum Gasteiger partial charge on any atom is -0.456 e. The zero-order valence-corrected chi connectivity index (χ0v) is 28.7. The van der Waals surface area contributed by atoms with Crippen molar-refractivity contribution in [1.29, 1.82) is 0 Å². The number of carbonyl (C=O) groups excluding carboxylic acids is 4. The Balaban J connectivity index is 0.882. The highest BCUT2D eigenvalue weighted by atomic mass is 16.5. The molecule has 11 heteroatoms. The number of hydrogen-bond donors (Lipinski definition) is 0. The summed E-state index contributed by atoms with van der Waals surface area (Å²) in [6.07, 6.45) is 0. The topological polar surface area (TPSA) is 144 Å².